The fourth-order valence-corrected chi connectivity index (χ4v) is 2.65. The number of nitrogens with zero attached hydrogens (tertiary/aromatic N) is 4. The van der Waals surface area contributed by atoms with Crippen LogP contribution in [0.5, 0.6) is 0 Å². The largest absolute Gasteiger partial charge is 0.382 e. The van der Waals surface area contributed by atoms with Crippen LogP contribution >= 0.6 is 11.6 Å². The summed E-state index contributed by atoms with van der Waals surface area (Å²) in [5.41, 5.74) is 5.71. The summed E-state index contributed by atoms with van der Waals surface area (Å²) < 4.78 is 0. The van der Waals surface area contributed by atoms with Crippen molar-refractivity contribution in [2.24, 2.45) is 0 Å². The average Bonchev–Trinajstić information content (AvgIpc) is 2.41. The lowest BCUT2D eigenvalue weighted by Gasteiger charge is -2.37. The molecule has 1 aromatic rings. The number of rotatable bonds is 3. The van der Waals surface area contributed by atoms with Crippen molar-refractivity contribution < 1.29 is 0 Å². The van der Waals surface area contributed by atoms with Crippen molar-refractivity contribution in [2.75, 3.05) is 37.3 Å². The molecule has 2 rings (SSSR count). The van der Waals surface area contributed by atoms with Gasteiger partial charge in [-0.2, -0.15) is 0 Å². The van der Waals surface area contributed by atoms with Crippen molar-refractivity contribution in [3.05, 3.63) is 11.3 Å². The first-order valence-electron chi connectivity index (χ1n) is 6.34. The maximum atomic E-state index is 6.16. The van der Waals surface area contributed by atoms with Gasteiger partial charge in [0.2, 0.25) is 0 Å². The molecule has 0 unspecified atom stereocenters. The molecule has 0 saturated carbocycles. The summed E-state index contributed by atoms with van der Waals surface area (Å²) in [5, 5.41) is 0.456. The van der Waals surface area contributed by atoms with Crippen LogP contribution in [0, 0.1) is 0 Å². The summed E-state index contributed by atoms with van der Waals surface area (Å²) in [6.45, 7) is 5.58. The summed E-state index contributed by atoms with van der Waals surface area (Å²) in [6, 6.07) is 0.472. The molecule has 1 aromatic heterocycles. The third kappa shape index (κ3) is 2.67. The van der Waals surface area contributed by atoms with Gasteiger partial charge in [-0.25, -0.2) is 9.97 Å². The van der Waals surface area contributed by atoms with Crippen molar-refractivity contribution >= 4 is 23.2 Å². The molecule has 1 aliphatic rings. The highest BCUT2D eigenvalue weighted by atomic mass is 35.5. The highest BCUT2D eigenvalue weighted by molar-refractivity contribution is 6.35. The van der Waals surface area contributed by atoms with Crippen molar-refractivity contribution in [3.63, 3.8) is 0 Å². The molecule has 0 bridgehead atoms. The molecule has 2 N–H and O–H groups in total. The van der Waals surface area contributed by atoms with E-state index in [-0.39, 0.29) is 0 Å². The maximum absolute atomic E-state index is 6.16. The van der Waals surface area contributed by atoms with E-state index in [1.54, 1.807) is 0 Å². The Morgan fingerprint density at radius 3 is 2.72 bits per heavy atom. The zero-order chi connectivity index (χ0) is 13.1. The Bertz CT molecular complexity index is 403. The topological polar surface area (TPSA) is 58.3 Å². The van der Waals surface area contributed by atoms with Crippen molar-refractivity contribution in [3.8, 4) is 0 Å². The van der Waals surface area contributed by atoms with Crippen LogP contribution in [0.1, 0.15) is 19.8 Å². The van der Waals surface area contributed by atoms with Crippen LogP contribution in [0.15, 0.2) is 6.33 Å². The highest BCUT2D eigenvalue weighted by Gasteiger charge is 2.24. The van der Waals surface area contributed by atoms with Gasteiger partial charge in [-0.1, -0.05) is 18.5 Å². The molecule has 0 amide bonds. The molecule has 18 heavy (non-hydrogen) atoms. The summed E-state index contributed by atoms with van der Waals surface area (Å²) in [4.78, 5) is 12.7. The van der Waals surface area contributed by atoms with Crippen LogP contribution in [0.2, 0.25) is 5.02 Å². The standard InChI is InChI=1S/C12H20ClN5/c1-3-18-6-4-9(5-7-18)17(2)12-10(13)11(14)15-8-16-12/h8-9H,3-7H2,1-2H3,(H2,14,15,16). The first kappa shape index (κ1) is 13.4. The van der Waals surface area contributed by atoms with E-state index in [1.807, 2.05) is 7.05 Å². The number of anilines is 2. The van der Waals surface area contributed by atoms with Crippen LogP contribution in [-0.2, 0) is 0 Å². The van der Waals surface area contributed by atoms with Crippen LogP contribution in [0.4, 0.5) is 11.6 Å². The molecule has 100 valence electrons. The van der Waals surface area contributed by atoms with Crippen molar-refractivity contribution in [1.29, 1.82) is 0 Å². The van der Waals surface area contributed by atoms with Gasteiger partial charge in [-0.05, 0) is 19.4 Å². The fraction of sp³-hybridized carbons (Fsp3) is 0.667. The molecule has 1 aliphatic heterocycles. The predicted octanol–water partition coefficient (Wildman–Crippen LogP) is 1.63. The lowest BCUT2D eigenvalue weighted by molar-refractivity contribution is 0.220. The first-order valence-corrected chi connectivity index (χ1v) is 6.72. The van der Waals surface area contributed by atoms with Gasteiger partial charge in [0.15, 0.2) is 5.82 Å². The predicted molar refractivity (Wildman–Crippen MR) is 75.0 cm³/mol. The number of piperidine rings is 1. The van der Waals surface area contributed by atoms with Gasteiger partial charge in [0.1, 0.15) is 17.2 Å². The molecule has 0 spiro atoms. The Labute approximate surface area is 113 Å². The fourth-order valence-electron chi connectivity index (χ4n) is 2.42. The zero-order valence-corrected chi connectivity index (χ0v) is 11.7. The first-order chi connectivity index (χ1) is 8.63. The Kier molecular flexibility index (Phi) is 4.24. The number of halogens is 1. The van der Waals surface area contributed by atoms with Gasteiger partial charge in [-0.15, -0.1) is 0 Å². The van der Waals surface area contributed by atoms with Crippen LogP contribution in [0.3, 0.4) is 0 Å². The summed E-state index contributed by atoms with van der Waals surface area (Å²) in [7, 11) is 2.03. The van der Waals surface area contributed by atoms with E-state index in [1.165, 1.54) is 6.33 Å². The van der Waals surface area contributed by atoms with E-state index in [2.05, 4.69) is 26.7 Å². The molecule has 0 atom stereocenters. The lowest BCUT2D eigenvalue weighted by atomic mass is 10.0. The van der Waals surface area contributed by atoms with Crippen LogP contribution < -0.4 is 10.6 Å². The van der Waals surface area contributed by atoms with E-state index in [9.17, 15) is 0 Å². The number of aromatic nitrogens is 2. The number of hydrogen-bond acceptors (Lipinski definition) is 5. The second-order valence-electron chi connectivity index (χ2n) is 4.67. The summed E-state index contributed by atoms with van der Waals surface area (Å²) in [6.07, 6.45) is 3.73. The van der Waals surface area contributed by atoms with Crippen molar-refractivity contribution in [1.82, 2.24) is 14.9 Å². The van der Waals surface area contributed by atoms with Crippen molar-refractivity contribution in [2.45, 2.75) is 25.8 Å². The second kappa shape index (κ2) is 5.71. The third-order valence-corrected chi connectivity index (χ3v) is 4.05. The van der Waals surface area contributed by atoms with Gasteiger partial charge < -0.3 is 15.5 Å². The molecule has 0 radical (unpaired) electrons. The van der Waals surface area contributed by atoms with Crippen LogP contribution in [0.25, 0.3) is 0 Å². The Balaban J connectivity index is 2.08. The smallest absolute Gasteiger partial charge is 0.153 e. The van der Waals surface area contributed by atoms with Gasteiger partial charge >= 0.3 is 0 Å². The highest BCUT2D eigenvalue weighted by Crippen LogP contribution is 2.29. The van der Waals surface area contributed by atoms with E-state index in [0.717, 1.165) is 38.3 Å². The molecular formula is C12H20ClN5. The number of nitrogen functional groups attached to an aromatic ring is 1. The molecule has 2 heterocycles. The minimum atomic E-state index is 0.347. The zero-order valence-electron chi connectivity index (χ0n) is 10.9. The normalized spacial score (nSPS) is 17.9. The monoisotopic (exact) mass is 269 g/mol. The molecule has 5 nitrogen and oxygen atoms in total. The van der Waals surface area contributed by atoms with E-state index in [0.29, 0.717) is 16.9 Å². The van der Waals surface area contributed by atoms with Crippen LogP contribution in [-0.4, -0.2) is 47.6 Å². The van der Waals surface area contributed by atoms with E-state index in [4.69, 9.17) is 17.3 Å². The third-order valence-electron chi connectivity index (χ3n) is 3.68. The maximum Gasteiger partial charge on any atom is 0.153 e. The lowest BCUT2D eigenvalue weighted by Crippen LogP contribution is -2.43. The van der Waals surface area contributed by atoms with E-state index < -0.39 is 0 Å². The molecule has 1 saturated heterocycles. The minimum Gasteiger partial charge on any atom is -0.382 e. The molecule has 6 heteroatoms. The van der Waals surface area contributed by atoms with Gasteiger partial charge in [-0.3, -0.25) is 0 Å². The Morgan fingerprint density at radius 2 is 2.11 bits per heavy atom. The van der Waals surface area contributed by atoms with Gasteiger partial charge in [0.25, 0.3) is 0 Å². The van der Waals surface area contributed by atoms with E-state index >= 15 is 0 Å². The molecule has 1 fully saturated rings. The van der Waals surface area contributed by atoms with Gasteiger partial charge in [0.05, 0.1) is 0 Å². The second-order valence-corrected chi connectivity index (χ2v) is 5.05. The molecule has 0 aliphatic carbocycles. The Hall–Kier alpha value is -1.07. The average molecular weight is 270 g/mol. The SMILES string of the molecule is CCN1CCC(N(C)c2ncnc(N)c2Cl)CC1. The Morgan fingerprint density at radius 1 is 1.44 bits per heavy atom. The van der Waals surface area contributed by atoms with Gasteiger partial charge in [0, 0.05) is 26.2 Å². The summed E-state index contributed by atoms with van der Waals surface area (Å²) >= 11 is 6.16. The number of hydrogen-bond donors (Lipinski definition) is 1. The summed E-state index contributed by atoms with van der Waals surface area (Å²) in [5.74, 6) is 1.08. The minimum absolute atomic E-state index is 0.347. The number of nitrogens with two attached hydrogens (primary N) is 1. The molecule has 0 aromatic carbocycles. The quantitative estimate of drug-likeness (QED) is 0.904. The molecular weight excluding hydrogens is 250 g/mol. The number of likely N-dealkylation sites (tertiary alicyclic amines) is 1.